The topological polar surface area (TPSA) is 30.7 Å². The van der Waals surface area contributed by atoms with E-state index < -0.39 is 0 Å². The van der Waals surface area contributed by atoms with Crippen LogP contribution in [0.15, 0.2) is 60.7 Å². The zero-order valence-electron chi connectivity index (χ0n) is 14.4. The summed E-state index contributed by atoms with van der Waals surface area (Å²) in [5, 5.41) is 8.94. The van der Waals surface area contributed by atoms with E-state index in [9.17, 15) is 0 Å². The van der Waals surface area contributed by atoms with Gasteiger partial charge in [0, 0.05) is 17.7 Å². The first kappa shape index (κ1) is 16.4. The van der Waals surface area contributed by atoms with Crippen molar-refractivity contribution >= 4 is 0 Å². The second kappa shape index (κ2) is 8.44. The highest BCUT2D eigenvalue weighted by atomic mass is 15.4. The minimum absolute atomic E-state index is 0.924. The molecular formula is C21H25N3. The number of hydrogen-bond donors (Lipinski definition) is 0. The fraction of sp³-hybridized carbons (Fsp3) is 0.333. The maximum absolute atomic E-state index is 4.49. The maximum atomic E-state index is 4.49. The van der Waals surface area contributed by atoms with Crippen molar-refractivity contribution in [2.24, 2.45) is 0 Å². The van der Waals surface area contributed by atoms with Crippen molar-refractivity contribution in [3.05, 3.63) is 60.7 Å². The molecule has 0 aliphatic rings. The molecule has 0 N–H and O–H groups in total. The van der Waals surface area contributed by atoms with Crippen molar-refractivity contribution in [3.63, 3.8) is 0 Å². The third kappa shape index (κ3) is 3.91. The lowest BCUT2D eigenvalue weighted by molar-refractivity contribution is 0.524. The molecule has 0 spiro atoms. The number of aryl methyl sites for hydroxylation is 1. The molecule has 2 aromatic carbocycles. The Labute approximate surface area is 144 Å². The van der Waals surface area contributed by atoms with Gasteiger partial charge in [0.05, 0.1) is 5.69 Å². The molecule has 3 nitrogen and oxygen atoms in total. The zero-order chi connectivity index (χ0) is 16.6. The Morgan fingerprint density at radius 2 is 1.38 bits per heavy atom. The molecule has 0 aliphatic heterocycles. The summed E-state index contributed by atoms with van der Waals surface area (Å²) in [6.07, 6.45) is 6.30. The maximum Gasteiger partial charge on any atom is 0.121 e. The molecular weight excluding hydrogens is 294 g/mol. The molecule has 0 radical (unpaired) electrons. The van der Waals surface area contributed by atoms with Crippen LogP contribution in [0, 0.1) is 0 Å². The standard InChI is InChI=1S/C21H25N3/c1-2-3-4-5-12-17-24-21(19-15-10-7-11-16-19)20(22-23-24)18-13-8-6-9-14-18/h6-11,13-16H,2-5,12,17H2,1H3. The fourth-order valence-electron chi connectivity index (χ4n) is 3.01. The van der Waals surface area contributed by atoms with Crippen molar-refractivity contribution in [1.82, 2.24) is 15.0 Å². The zero-order valence-corrected chi connectivity index (χ0v) is 14.4. The highest BCUT2D eigenvalue weighted by Crippen LogP contribution is 2.30. The lowest BCUT2D eigenvalue weighted by atomic mass is 10.0. The van der Waals surface area contributed by atoms with E-state index in [2.05, 4.69) is 58.3 Å². The molecule has 1 heterocycles. The SMILES string of the molecule is CCCCCCCn1nnc(-c2ccccc2)c1-c1ccccc1. The molecule has 0 bridgehead atoms. The van der Waals surface area contributed by atoms with Gasteiger partial charge in [0.2, 0.25) is 0 Å². The Balaban J connectivity index is 1.88. The van der Waals surface area contributed by atoms with Crippen LogP contribution in [-0.4, -0.2) is 15.0 Å². The number of aromatic nitrogens is 3. The van der Waals surface area contributed by atoms with Crippen LogP contribution in [0.5, 0.6) is 0 Å². The quantitative estimate of drug-likeness (QED) is 0.507. The Kier molecular flexibility index (Phi) is 5.78. The molecule has 0 unspecified atom stereocenters. The predicted octanol–water partition coefficient (Wildman–Crippen LogP) is 5.58. The van der Waals surface area contributed by atoms with Crippen LogP contribution in [0.25, 0.3) is 22.5 Å². The molecule has 3 rings (SSSR count). The number of unbranched alkanes of at least 4 members (excludes halogenated alkanes) is 4. The second-order valence-electron chi connectivity index (χ2n) is 6.16. The first-order valence-corrected chi connectivity index (χ1v) is 8.94. The molecule has 1 aromatic heterocycles. The summed E-state index contributed by atoms with van der Waals surface area (Å²) in [6, 6.07) is 20.8. The van der Waals surface area contributed by atoms with Gasteiger partial charge in [-0.1, -0.05) is 98.5 Å². The van der Waals surface area contributed by atoms with Gasteiger partial charge in [-0.3, -0.25) is 0 Å². The number of benzene rings is 2. The Bertz CT molecular complexity index is 732. The third-order valence-corrected chi connectivity index (χ3v) is 4.30. The molecule has 0 aliphatic carbocycles. The van der Waals surface area contributed by atoms with Crippen LogP contribution in [0.2, 0.25) is 0 Å². The number of nitrogens with zero attached hydrogens (tertiary/aromatic N) is 3. The monoisotopic (exact) mass is 319 g/mol. The van der Waals surface area contributed by atoms with Crippen LogP contribution >= 0.6 is 0 Å². The first-order chi connectivity index (χ1) is 11.9. The Morgan fingerprint density at radius 3 is 2.04 bits per heavy atom. The van der Waals surface area contributed by atoms with Crippen molar-refractivity contribution in [2.45, 2.75) is 45.6 Å². The van der Waals surface area contributed by atoms with Gasteiger partial charge >= 0.3 is 0 Å². The summed E-state index contributed by atoms with van der Waals surface area (Å²) in [4.78, 5) is 0. The van der Waals surface area contributed by atoms with E-state index in [1.807, 2.05) is 24.3 Å². The van der Waals surface area contributed by atoms with E-state index in [-0.39, 0.29) is 0 Å². The van der Waals surface area contributed by atoms with E-state index in [1.54, 1.807) is 0 Å². The van der Waals surface area contributed by atoms with Crippen molar-refractivity contribution in [1.29, 1.82) is 0 Å². The molecule has 0 saturated heterocycles. The van der Waals surface area contributed by atoms with Gasteiger partial charge in [-0.2, -0.15) is 0 Å². The molecule has 24 heavy (non-hydrogen) atoms. The molecule has 3 heteroatoms. The van der Waals surface area contributed by atoms with E-state index in [1.165, 1.54) is 31.2 Å². The average molecular weight is 319 g/mol. The fourth-order valence-corrected chi connectivity index (χ4v) is 3.01. The minimum Gasteiger partial charge on any atom is -0.244 e. The Hall–Kier alpha value is -2.42. The van der Waals surface area contributed by atoms with Gasteiger partial charge in [-0.05, 0) is 6.42 Å². The highest BCUT2D eigenvalue weighted by Gasteiger charge is 2.16. The molecule has 124 valence electrons. The van der Waals surface area contributed by atoms with Crippen LogP contribution in [0.4, 0.5) is 0 Å². The van der Waals surface area contributed by atoms with Gasteiger partial charge in [-0.25, -0.2) is 4.68 Å². The minimum atomic E-state index is 0.924. The molecule has 0 fully saturated rings. The van der Waals surface area contributed by atoms with Gasteiger partial charge < -0.3 is 0 Å². The summed E-state index contributed by atoms with van der Waals surface area (Å²) < 4.78 is 2.07. The van der Waals surface area contributed by atoms with Gasteiger partial charge in [0.15, 0.2) is 0 Å². The van der Waals surface area contributed by atoms with E-state index in [4.69, 9.17) is 0 Å². The first-order valence-electron chi connectivity index (χ1n) is 8.94. The number of rotatable bonds is 8. The summed E-state index contributed by atoms with van der Waals surface area (Å²) in [5.41, 5.74) is 4.39. The normalized spacial score (nSPS) is 10.9. The van der Waals surface area contributed by atoms with E-state index in [0.29, 0.717) is 0 Å². The lowest BCUT2D eigenvalue weighted by Gasteiger charge is -2.08. The number of hydrogen-bond acceptors (Lipinski definition) is 2. The second-order valence-corrected chi connectivity index (χ2v) is 6.16. The van der Waals surface area contributed by atoms with Gasteiger partial charge in [-0.15, -0.1) is 5.10 Å². The van der Waals surface area contributed by atoms with Crippen LogP contribution in [0.1, 0.15) is 39.0 Å². The summed E-state index contributed by atoms with van der Waals surface area (Å²) in [5.74, 6) is 0. The summed E-state index contributed by atoms with van der Waals surface area (Å²) in [6.45, 7) is 3.17. The molecule has 3 aromatic rings. The van der Waals surface area contributed by atoms with Crippen molar-refractivity contribution < 1.29 is 0 Å². The van der Waals surface area contributed by atoms with Crippen molar-refractivity contribution in [2.75, 3.05) is 0 Å². The smallest absolute Gasteiger partial charge is 0.121 e. The molecule has 0 amide bonds. The van der Waals surface area contributed by atoms with Crippen LogP contribution in [-0.2, 0) is 6.54 Å². The average Bonchev–Trinajstić information content (AvgIpc) is 3.07. The molecule has 0 saturated carbocycles. The van der Waals surface area contributed by atoms with Gasteiger partial charge in [0.1, 0.15) is 5.69 Å². The Morgan fingerprint density at radius 1 is 0.750 bits per heavy atom. The molecule has 0 atom stereocenters. The predicted molar refractivity (Wildman–Crippen MR) is 99.7 cm³/mol. The van der Waals surface area contributed by atoms with Crippen molar-refractivity contribution in [3.8, 4) is 22.5 Å². The lowest BCUT2D eigenvalue weighted by Crippen LogP contribution is -2.03. The van der Waals surface area contributed by atoms with E-state index in [0.717, 1.165) is 29.9 Å². The highest BCUT2D eigenvalue weighted by molar-refractivity contribution is 5.77. The summed E-state index contributed by atoms with van der Waals surface area (Å²) >= 11 is 0. The summed E-state index contributed by atoms with van der Waals surface area (Å²) in [7, 11) is 0. The van der Waals surface area contributed by atoms with Gasteiger partial charge in [0.25, 0.3) is 0 Å². The largest absolute Gasteiger partial charge is 0.244 e. The third-order valence-electron chi connectivity index (χ3n) is 4.30. The van der Waals surface area contributed by atoms with Crippen LogP contribution < -0.4 is 0 Å². The van der Waals surface area contributed by atoms with E-state index >= 15 is 0 Å². The van der Waals surface area contributed by atoms with Crippen LogP contribution in [0.3, 0.4) is 0 Å².